The predicted octanol–water partition coefficient (Wildman–Crippen LogP) is 3.75. The maximum atomic E-state index is 12.6. The molecule has 0 saturated heterocycles. The average molecular weight is 542 g/mol. The number of nitrogens with two attached hydrogens (primary N) is 1. The molecular formula is C23H19N5O7S2. The number of nitrogens with one attached hydrogen (secondary N) is 2. The minimum Gasteiger partial charge on any atom is -0.455 e. The van der Waals surface area contributed by atoms with Crippen LogP contribution < -0.4 is 15.3 Å². The van der Waals surface area contributed by atoms with Crippen molar-refractivity contribution >= 4 is 43.3 Å². The number of furan rings is 1. The summed E-state index contributed by atoms with van der Waals surface area (Å²) in [6, 6.07) is 20.5. The van der Waals surface area contributed by atoms with E-state index in [9.17, 15) is 26.9 Å². The van der Waals surface area contributed by atoms with Crippen molar-refractivity contribution < 1.29 is 26.2 Å². The lowest BCUT2D eigenvalue weighted by Crippen LogP contribution is -2.13. The second-order valence-electron chi connectivity index (χ2n) is 7.55. The van der Waals surface area contributed by atoms with Gasteiger partial charge in [-0.1, -0.05) is 18.2 Å². The Balaban J connectivity index is 1.49. The third kappa shape index (κ3) is 6.19. The van der Waals surface area contributed by atoms with Crippen LogP contribution in [0.1, 0.15) is 5.76 Å². The lowest BCUT2D eigenvalue weighted by atomic mass is 10.2. The Bertz CT molecular complexity index is 1680. The van der Waals surface area contributed by atoms with Crippen molar-refractivity contribution in [2.45, 2.75) is 9.79 Å². The summed E-state index contributed by atoms with van der Waals surface area (Å²) in [5, 5.41) is 20.6. The quantitative estimate of drug-likeness (QED) is 0.162. The van der Waals surface area contributed by atoms with Crippen LogP contribution in [0, 0.1) is 10.1 Å². The monoisotopic (exact) mass is 541 g/mol. The Hall–Kier alpha value is -4.53. The van der Waals surface area contributed by atoms with Gasteiger partial charge in [0.05, 0.1) is 20.9 Å². The summed E-state index contributed by atoms with van der Waals surface area (Å²) in [6.07, 6.45) is 1.27. The largest absolute Gasteiger partial charge is 0.455 e. The maximum Gasteiger partial charge on any atom is 0.295 e. The highest BCUT2D eigenvalue weighted by atomic mass is 32.2. The number of primary sulfonamides is 1. The van der Waals surface area contributed by atoms with Gasteiger partial charge in [-0.05, 0) is 60.7 Å². The Morgan fingerprint density at radius 2 is 1.57 bits per heavy atom. The minimum absolute atomic E-state index is 0.0368. The molecule has 0 atom stereocenters. The summed E-state index contributed by atoms with van der Waals surface area (Å²) in [6.45, 7) is 0. The fourth-order valence-electron chi connectivity index (χ4n) is 3.20. The number of rotatable bonds is 9. The Morgan fingerprint density at radius 1 is 0.892 bits per heavy atom. The third-order valence-electron chi connectivity index (χ3n) is 4.97. The number of sulfonamides is 2. The Kier molecular flexibility index (Phi) is 7.06. The number of benzene rings is 3. The molecule has 0 unspecified atom stereocenters. The fraction of sp³-hybridized carbons (Fsp3) is 0. The molecule has 0 radical (unpaired) electrons. The number of para-hydroxylation sites is 1. The highest BCUT2D eigenvalue weighted by Crippen LogP contribution is 2.29. The lowest BCUT2D eigenvalue weighted by molar-refractivity contribution is -0.384. The van der Waals surface area contributed by atoms with Crippen molar-refractivity contribution in [1.29, 1.82) is 0 Å². The highest BCUT2D eigenvalue weighted by molar-refractivity contribution is 7.92. The Morgan fingerprint density at radius 3 is 2.22 bits per heavy atom. The molecular weight excluding hydrogens is 522 g/mol. The van der Waals surface area contributed by atoms with E-state index in [1.165, 1.54) is 42.6 Å². The number of hydrogen-bond donors (Lipinski definition) is 3. The van der Waals surface area contributed by atoms with Crippen molar-refractivity contribution in [3.05, 3.63) is 101 Å². The smallest absolute Gasteiger partial charge is 0.295 e. The van der Waals surface area contributed by atoms with Gasteiger partial charge in [0.15, 0.2) is 0 Å². The molecule has 3 aromatic carbocycles. The molecule has 12 nitrogen and oxygen atoms in total. The molecule has 1 heterocycles. The summed E-state index contributed by atoms with van der Waals surface area (Å²) in [4.78, 5) is 10.5. The van der Waals surface area contributed by atoms with Crippen molar-refractivity contribution in [3.63, 3.8) is 0 Å². The molecule has 0 amide bonds. The molecule has 0 bridgehead atoms. The van der Waals surface area contributed by atoms with E-state index in [1.54, 1.807) is 42.5 Å². The van der Waals surface area contributed by atoms with E-state index in [2.05, 4.69) is 15.2 Å². The molecule has 0 saturated carbocycles. The van der Waals surface area contributed by atoms with Crippen LogP contribution in [0.4, 0.5) is 17.1 Å². The lowest BCUT2D eigenvalue weighted by Gasteiger charge is -2.09. The number of nitro benzene ring substituents is 1. The first kappa shape index (κ1) is 25.6. The Labute approximate surface area is 211 Å². The van der Waals surface area contributed by atoms with E-state index in [-0.39, 0.29) is 15.5 Å². The molecule has 4 rings (SSSR count). The predicted molar refractivity (Wildman–Crippen MR) is 137 cm³/mol. The fourth-order valence-corrected chi connectivity index (χ4v) is 4.79. The van der Waals surface area contributed by atoms with Crippen LogP contribution >= 0.6 is 0 Å². The highest BCUT2D eigenvalue weighted by Gasteiger charge is 2.21. The van der Waals surface area contributed by atoms with Crippen molar-refractivity contribution in [2.75, 3.05) is 10.1 Å². The first-order chi connectivity index (χ1) is 17.5. The minimum atomic E-state index is -4.06. The normalized spacial score (nSPS) is 11.9. The zero-order chi connectivity index (χ0) is 26.6. The first-order valence-electron chi connectivity index (χ1n) is 10.4. The number of nitro groups is 1. The van der Waals surface area contributed by atoms with Crippen LogP contribution in [-0.4, -0.2) is 28.0 Å². The van der Waals surface area contributed by atoms with Gasteiger partial charge in [0.2, 0.25) is 10.0 Å². The molecule has 0 fully saturated rings. The van der Waals surface area contributed by atoms with E-state index >= 15 is 0 Å². The number of anilines is 2. The summed E-state index contributed by atoms with van der Waals surface area (Å²) in [5.74, 6) is 0.723. The number of hydrogen-bond acceptors (Lipinski definition) is 9. The second-order valence-corrected chi connectivity index (χ2v) is 10.8. The number of nitrogens with zero attached hydrogens (tertiary/aromatic N) is 2. The standard InChI is InChI=1S/C23H19N5O7S2/c24-36(31,32)19-9-6-16(7-10-19)23-13-8-18(35-23)15-25-26-21-12-11-20(14-22(21)28(29)30)37(33,34)27-17-4-2-1-3-5-17/h1-15,26-27H,(H2,24,31,32)/b25-15-. The van der Waals surface area contributed by atoms with E-state index in [4.69, 9.17) is 9.56 Å². The summed E-state index contributed by atoms with van der Waals surface area (Å²) < 4.78 is 56.1. The second kappa shape index (κ2) is 10.2. The summed E-state index contributed by atoms with van der Waals surface area (Å²) >= 11 is 0. The van der Waals surface area contributed by atoms with Gasteiger partial charge >= 0.3 is 0 Å². The van der Waals surface area contributed by atoms with Gasteiger partial charge in [-0.3, -0.25) is 20.3 Å². The molecule has 37 heavy (non-hydrogen) atoms. The molecule has 4 N–H and O–H groups in total. The van der Waals surface area contributed by atoms with Crippen LogP contribution in [-0.2, 0) is 20.0 Å². The molecule has 0 spiro atoms. The van der Waals surface area contributed by atoms with Gasteiger partial charge in [-0.2, -0.15) is 5.10 Å². The van der Waals surface area contributed by atoms with E-state index in [0.717, 1.165) is 6.07 Å². The molecule has 0 aliphatic carbocycles. The van der Waals surface area contributed by atoms with Gasteiger partial charge in [0, 0.05) is 17.3 Å². The maximum absolute atomic E-state index is 12.6. The van der Waals surface area contributed by atoms with Crippen molar-refractivity contribution in [3.8, 4) is 11.3 Å². The molecule has 0 aliphatic rings. The van der Waals surface area contributed by atoms with Gasteiger partial charge < -0.3 is 4.42 Å². The molecule has 4 aromatic rings. The average Bonchev–Trinajstić information content (AvgIpc) is 3.33. The zero-order valence-electron chi connectivity index (χ0n) is 18.8. The molecule has 14 heteroatoms. The van der Waals surface area contributed by atoms with Gasteiger partial charge in [-0.25, -0.2) is 22.0 Å². The van der Waals surface area contributed by atoms with Crippen molar-refractivity contribution in [1.82, 2.24) is 0 Å². The van der Waals surface area contributed by atoms with Crippen LogP contribution in [0.15, 0.2) is 104 Å². The SMILES string of the molecule is NS(=O)(=O)c1ccc(-c2ccc(/C=N\Nc3ccc(S(=O)(=O)Nc4ccccc4)cc3[N+](=O)[O-])o2)cc1. The summed E-state index contributed by atoms with van der Waals surface area (Å²) in [5.41, 5.74) is 2.89. The van der Waals surface area contributed by atoms with Crippen molar-refractivity contribution in [2.24, 2.45) is 10.2 Å². The van der Waals surface area contributed by atoms with Gasteiger partial charge in [-0.15, -0.1) is 0 Å². The van der Waals surface area contributed by atoms with Crippen LogP contribution in [0.5, 0.6) is 0 Å². The van der Waals surface area contributed by atoms with Gasteiger partial charge in [0.1, 0.15) is 17.2 Å². The molecule has 0 aliphatic heterocycles. The summed E-state index contributed by atoms with van der Waals surface area (Å²) in [7, 11) is -7.88. The first-order valence-corrected chi connectivity index (χ1v) is 13.4. The van der Waals surface area contributed by atoms with Crippen LogP contribution in [0.3, 0.4) is 0 Å². The topological polar surface area (TPSA) is 187 Å². The van der Waals surface area contributed by atoms with Crippen LogP contribution in [0.2, 0.25) is 0 Å². The number of hydrazone groups is 1. The third-order valence-corrected chi connectivity index (χ3v) is 7.28. The van der Waals surface area contributed by atoms with E-state index < -0.39 is 30.7 Å². The van der Waals surface area contributed by atoms with E-state index in [1.807, 2.05) is 0 Å². The van der Waals surface area contributed by atoms with E-state index in [0.29, 0.717) is 22.8 Å². The van der Waals surface area contributed by atoms with Gasteiger partial charge in [0.25, 0.3) is 15.7 Å². The zero-order valence-corrected chi connectivity index (χ0v) is 20.4. The molecule has 1 aromatic heterocycles. The van der Waals surface area contributed by atoms with Crippen LogP contribution in [0.25, 0.3) is 11.3 Å². The molecule has 190 valence electrons.